The molecule has 6 nitrogen and oxygen atoms in total. The topological polar surface area (TPSA) is 65.8 Å². The number of piperazine rings is 1. The fourth-order valence-corrected chi connectivity index (χ4v) is 3.07. The zero-order chi connectivity index (χ0) is 19.1. The van der Waals surface area contributed by atoms with E-state index in [1.54, 1.807) is 24.5 Å². The van der Waals surface area contributed by atoms with Crippen molar-refractivity contribution >= 4 is 29.3 Å². The summed E-state index contributed by atoms with van der Waals surface area (Å²) in [7, 11) is 0. The van der Waals surface area contributed by atoms with Crippen LogP contribution in [0.2, 0.25) is 0 Å². The van der Waals surface area contributed by atoms with Crippen molar-refractivity contribution in [2.75, 3.05) is 36.4 Å². The molecule has 2 heterocycles. The summed E-state index contributed by atoms with van der Waals surface area (Å²) in [5.74, 6) is 0.678. The number of amides is 2. The minimum absolute atomic E-state index is 0.206. The fourth-order valence-electron chi connectivity index (χ4n) is 3.07. The molecule has 1 aliphatic heterocycles. The molecule has 0 saturated carbocycles. The van der Waals surface area contributed by atoms with Gasteiger partial charge >= 0.3 is 0 Å². The number of nitrogens with one attached hydrogen (secondary N) is 1. The van der Waals surface area contributed by atoms with E-state index in [1.165, 1.54) is 6.08 Å². The van der Waals surface area contributed by atoms with Crippen LogP contribution in [0.25, 0.3) is 6.08 Å². The number of carbonyl (C=O) groups excluding carboxylic acids is 2. The van der Waals surface area contributed by atoms with Crippen molar-refractivity contribution in [1.82, 2.24) is 4.90 Å². The van der Waals surface area contributed by atoms with Crippen LogP contribution in [-0.2, 0) is 9.59 Å². The lowest BCUT2D eigenvalue weighted by atomic mass is 10.2. The maximum atomic E-state index is 12.0. The van der Waals surface area contributed by atoms with Crippen molar-refractivity contribution in [3.05, 3.63) is 54.5 Å². The summed E-state index contributed by atoms with van der Waals surface area (Å²) < 4.78 is 5.16. The summed E-state index contributed by atoms with van der Waals surface area (Å²) >= 11 is 0. The van der Waals surface area contributed by atoms with Crippen LogP contribution < -0.4 is 10.2 Å². The van der Waals surface area contributed by atoms with Gasteiger partial charge in [0.15, 0.2) is 0 Å². The van der Waals surface area contributed by atoms with Crippen molar-refractivity contribution in [2.24, 2.45) is 0 Å². The third-order valence-electron chi connectivity index (χ3n) is 4.54. The van der Waals surface area contributed by atoms with Gasteiger partial charge in [0.05, 0.1) is 6.26 Å². The van der Waals surface area contributed by atoms with E-state index in [4.69, 9.17) is 4.42 Å². The van der Waals surface area contributed by atoms with E-state index >= 15 is 0 Å². The van der Waals surface area contributed by atoms with Crippen LogP contribution in [0.4, 0.5) is 11.4 Å². The van der Waals surface area contributed by atoms with Crippen LogP contribution in [0.3, 0.4) is 0 Å². The third-order valence-corrected chi connectivity index (χ3v) is 4.54. The molecule has 0 radical (unpaired) electrons. The Morgan fingerprint density at radius 3 is 2.48 bits per heavy atom. The Morgan fingerprint density at radius 2 is 1.85 bits per heavy atom. The van der Waals surface area contributed by atoms with Crippen molar-refractivity contribution in [2.45, 2.75) is 19.8 Å². The quantitative estimate of drug-likeness (QED) is 0.795. The maximum absolute atomic E-state index is 12.0. The molecule has 0 aliphatic carbocycles. The molecule has 6 heteroatoms. The summed E-state index contributed by atoms with van der Waals surface area (Å²) in [5.41, 5.74) is 1.84. The van der Waals surface area contributed by atoms with E-state index in [0.29, 0.717) is 12.2 Å². The van der Waals surface area contributed by atoms with E-state index in [2.05, 4.69) is 10.2 Å². The Balaban J connectivity index is 1.50. The molecule has 1 aromatic carbocycles. The van der Waals surface area contributed by atoms with E-state index in [9.17, 15) is 9.59 Å². The standard InChI is InChI=1S/C21H25N3O3/c1-2-4-21(26)24-14-12-23(13-15-24)18-8-6-17(7-9-18)22-20(25)11-10-19-5-3-16-27-19/h3,5-11,16H,2,4,12-15H2,1H3,(H,22,25)/b11-10+. The first-order chi connectivity index (χ1) is 13.2. The predicted octanol–water partition coefficient (Wildman–Crippen LogP) is 3.38. The normalized spacial score (nSPS) is 14.6. The van der Waals surface area contributed by atoms with Crippen molar-refractivity contribution in [3.8, 4) is 0 Å². The number of benzene rings is 1. The highest BCUT2D eigenvalue weighted by Crippen LogP contribution is 2.20. The Morgan fingerprint density at radius 1 is 1.11 bits per heavy atom. The smallest absolute Gasteiger partial charge is 0.248 e. The predicted molar refractivity (Wildman–Crippen MR) is 107 cm³/mol. The van der Waals surface area contributed by atoms with Crippen molar-refractivity contribution < 1.29 is 14.0 Å². The first-order valence-corrected chi connectivity index (χ1v) is 9.31. The summed E-state index contributed by atoms with van der Waals surface area (Å²) in [5, 5.41) is 2.83. The van der Waals surface area contributed by atoms with Gasteiger partial charge < -0.3 is 19.5 Å². The average Bonchev–Trinajstić information content (AvgIpc) is 3.21. The van der Waals surface area contributed by atoms with Crippen LogP contribution in [0, 0.1) is 0 Å². The first-order valence-electron chi connectivity index (χ1n) is 9.31. The van der Waals surface area contributed by atoms with Crippen molar-refractivity contribution in [3.63, 3.8) is 0 Å². The molecule has 2 amide bonds. The number of anilines is 2. The summed E-state index contributed by atoms with van der Waals surface area (Å²) in [6.45, 7) is 5.20. The van der Waals surface area contributed by atoms with Crippen LogP contribution in [0.1, 0.15) is 25.5 Å². The van der Waals surface area contributed by atoms with Gasteiger partial charge in [0, 0.05) is 50.1 Å². The minimum atomic E-state index is -0.206. The molecule has 0 unspecified atom stereocenters. The number of nitrogens with zero attached hydrogens (tertiary/aromatic N) is 2. The highest BCUT2D eigenvalue weighted by atomic mass is 16.3. The molecule has 1 fully saturated rings. The fraction of sp³-hybridized carbons (Fsp3) is 0.333. The van der Waals surface area contributed by atoms with Gasteiger partial charge in [-0.15, -0.1) is 0 Å². The lowest BCUT2D eigenvalue weighted by Crippen LogP contribution is -2.48. The van der Waals surface area contributed by atoms with E-state index in [-0.39, 0.29) is 11.8 Å². The number of carbonyl (C=O) groups is 2. The monoisotopic (exact) mass is 367 g/mol. The van der Waals surface area contributed by atoms with Gasteiger partial charge in [-0.2, -0.15) is 0 Å². The van der Waals surface area contributed by atoms with Gasteiger partial charge in [-0.3, -0.25) is 9.59 Å². The SMILES string of the molecule is CCCC(=O)N1CCN(c2ccc(NC(=O)/C=C/c3ccco3)cc2)CC1. The highest BCUT2D eigenvalue weighted by Gasteiger charge is 2.20. The number of hydrogen-bond donors (Lipinski definition) is 1. The number of furan rings is 1. The first kappa shape index (κ1) is 18.8. The molecule has 2 aromatic rings. The summed E-state index contributed by atoms with van der Waals surface area (Å²) in [6, 6.07) is 11.3. The summed E-state index contributed by atoms with van der Waals surface area (Å²) in [4.78, 5) is 28.1. The Labute approximate surface area is 159 Å². The molecular weight excluding hydrogens is 342 g/mol. The lowest BCUT2D eigenvalue weighted by molar-refractivity contribution is -0.131. The van der Waals surface area contributed by atoms with E-state index in [1.807, 2.05) is 36.1 Å². The largest absolute Gasteiger partial charge is 0.465 e. The molecule has 1 aromatic heterocycles. The van der Waals surface area contributed by atoms with Gasteiger partial charge in [-0.1, -0.05) is 6.92 Å². The van der Waals surface area contributed by atoms with Gasteiger partial charge in [-0.25, -0.2) is 0 Å². The maximum Gasteiger partial charge on any atom is 0.248 e. The zero-order valence-electron chi connectivity index (χ0n) is 15.6. The van der Waals surface area contributed by atoms with Crippen molar-refractivity contribution in [1.29, 1.82) is 0 Å². The molecule has 3 rings (SSSR count). The van der Waals surface area contributed by atoms with Crippen LogP contribution in [-0.4, -0.2) is 42.9 Å². The Kier molecular flexibility index (Phi) is 6.30. The number of rotatable bonds is 6. The Hall–Kier alpha value is -3.02. The van der Waals surface area contributed by atoms with Crippen LogP contribution in [0.15, 0.2) is 53.2 Å². The highest BCUT2D eigenvalue weighted by molar-refractivity contribution is 6.01. The molecule has 1 aliphatic rings. The molecular formula is C21H25N3O3. The Bertz CT molecular complexity index is 774. The van der Waals surface area contributed by atoms with Gasteiger partial charge in [0.1, 0.15) is 5.76 Å². The third kappa shape index (κ3) is 5.23. The van der Waals surface area contributed by atoms with Gasteiger partial charge in [0.2, 0.25) is 11.8 Å². The van der Waals surface area contributed by atoms with E-state index in [0.717, 1.165) is 44.0 Å². The molecule has 27 heavy (non-hydrogen) atoms. The van der Waals surface area contributed by atoms with Crippen LogP contribution in [0.5, 0.6) is 0 Å². The van der Waals surface area contributed by atoms with E-state index < -0.39 is 0 Å². The lowest BCUT2D eigenvalue weighted by Gasteiger charge is -2.36. The second kappa shape index (κ2) is 9.07. The molecule has 1 saturated heterocycles. The molecule has 142 valence electrons. The zero-order valence-corrected chi connectivity index (χ0v) is 15.6. The average molecular weight is 367 g/mol. The summed E-state index contributed by atoms with van der Waals surface area (Å²) in [6.07, 6.45) is 6.16. The second-order valence-corrected chi connectivity index (χ2v) is 6.50. The molecule has 1 N–H and O–H groups in total. The van der Waals surface area contributed by atoms with Crippen LogP contribution >= 0.6 is 0 Å². The molecule has 0 atom stereocenters. The molecule has 0 spiro atoms. The number of hydrogen-bond acceptors (Lipinski definition) is 4. The van der Waals surface area contributed by atoms with Gasteiger partial charge in [0.25, 0.3) is 0 Å². The minimum Gasteiger partial charge on any atom is -0.465 e. The second-order valence-electron chi connectivity index (χ2n) is 6.50. The van der Waals surface area contributed by atoms with Gasteiger partial charge in [-0.05, 0) is 48.9 Å². The molecule has 0 bridgehead atoms.